The molecule has 3 aliphatic carbocycles. The molecule has 3 aliphatic rings. The maximum Gasteiger partial charge on any atom is 0.308 e. The molecule has 224 valence electrons. The van der Waals surface area contributed by atoms with Gasteiger partial charge in [0.25, 0.3) is 0 Å². The molecule has 8 atom stereocenters. The van der Waals surface area contributed by atoms with Gasteiger partial charge in [-0.05, 0) is 61.6 Å². The summed E-state index contributed by atoms with van der Waals surface area (Å²) in [4.78, 5) is 40.7. The predicted octanol–water partition coefficient (Wildman–Crippen LogP) is 4.16. The number of benzene rings is 1. The maximum absolute atomic E-state index is 13.3. The van der Waals surface area contributed by atoms with Gasteiger partial charge >= 0.3 is 11.9 Å². The van der Waals surface area contributed by atoms with Crippen LogP contribution in [0.5, 0.6) is 0 Å². The van der Waals surface area contributed by atoms with Crippen LogP contribution >= 0.6 is 0 Å². The normalized spacial score (nSPS) is 33.9. The third-order valence-corrected chi connectivity index (χ3v) is 10.0. The van der Waals surface area contributed by atoms with Crippen molar-refractivity contribution in [3.8, 4) is 0 Å². The molecule has 0 radical (unpaired) electrons. The van der Waals surface area contributed by atoms with Gasteiger partial charge in [-0.2, -0.15) is 0 Å². The number of fused-ring (bicyclic) bond motifs is 3. The van der Waals surface area contributed by atoms with Crippen LogP contribution in [0.15, 0.2) is 53.6 Å². The first-order valence-electron chi connectivity index (χ1n) is 14.5. The van der Waals surface area contributed by atoms with Gasteiger partial charge in [0.15, 0.2) is 5.78 Å². The summed E-state index contributed by atoms with van der Waals surface area (Å²) < 4.78 is 11.9. The van der Waals surface area contributed by atoms with Gasteiger partial charge in [-0.15, -0.1) is 0 Å². The Morgan fingerprint density at radius 3 is 2.34 bits per heavy atom. The van der Waals surface area contributed by atoms with E-state index in [4.69, 9.17) is 9.47 Å². The van der Waals surface area contributed by atoms with E-state index < -0.39 is 53.1 Å². The van der Waals surface area contributed by atoms with E-state index in [2.05, 4.69) is 6.58 Å². The van der Waals surface area contributed by atoms with E-state index in [0.717, 1.165) is 5.56 Å². The number of hydrogen-bond acceptors (Lipinski definition) is 8. The molecule has 4 rings (SSSR count). The standard InChI is InChI=1S/C33H45NO7/c1-18-24(36)16-22-29(38)28-19(2)25(41-26(37)17-23(34(7)8)21-12-10-9-11-13-21)14-15-33(28,6)31(40-20(3)35)30(39)27(18)32(22,4)5/h9-13,22-23,25,28-31,38-39H,2,14-17H2,1,3-8H3/t22?,23?,25-,28-,29+,30+,31-,33+/m0/s1. The summed E-state index contributed by atoms with van der Waals surface area (Å²) in [5.74, 6) is -2.29. The lowest BCUT2D eigenvalue weighted by Crippen LogP contribution is -2.62. The van der Waals surface area contributed by atoms with Crippen LogP contribution in [-0.4, -0.2) is 71.3 Å². The topological polar surface area (TPSA) is 113 Å². The molecule has 2 N–H and O–H groups in total. The van der Waals surface area contributed by atoms with Gasteiger partial charge in [0.05, 0.1) is 12.5 Å². The van der Waals surface area contributed by atoms with E-state index in [0.29, 0.717) is 29.6 Å². The first-order valence-corrected chi connectivity index (χ1v) is 14.5. The zero-order valence-corrected chi connectivity index (χ0v) is 25.3. The number of Topliss-reactive ketones (excluding diaryl/α,β-unsaturated/α-hetero) is 1. The molecule has 2 bridgehead atoms. The monoisotopic (exact) mass is 567 g/mol. The second-order valence-corrected chi connectivity index (χ2v) is 13.1. The SMILES string of the molecule is C=C1[C@@H](OC(=O)CC(c2ccccc2)N(C)C)CC[C@@]2(C)[C@@H](OC(C)=O)[C@H](O)C3=C(C)C(=O)CC([C@@H](O)[C@H]12)C3(C)C. The Bertz CT molecular complexity index is 1240. The molecule has 2 fully saturated rings. The van der Waals surface area contributed by atoms with Crippen LogP contribution in [0.4, 0.5) is 0 Å². The number of esters is 2. The highest BCUT2D eigenvalue weighted by molar-refractivity contribution is 5.97. The molecule has 0 aromatic heterocycles. The second-order valence-electron chi connectivity index (χ2n) is 13.1. The summed E-state index contributed by atoms with van der Waals surface area (Å²) >= 11 is 0. The van der Waals surface area contributed by atoms with E-state index in [1.165, 1.54) is 6.92 Å². The van der Waals surface area contributed by atoms with Crippen molar-refractivity contribution in [2.75, 3.05) is 14.1 Å². The van der Waals surface area contributed by atoms with Crippen LogP contribution in [0, 0.1) is 22.7 Å². The summed E-state index contributed by atoms with van der Waals surface area (Å²) in [6, 6.07) is 9.58. The van der Waals surface area contributed by atoms with Crippen molar-refractivity contribution in [1.82, 2.24) is 4.90 Å². The molecule has 0 spiro atoms. The smallest absolute Gasteiger partial charge is 0.308 e. The van der Waals surface area contributed by atoms with Gasteiger partial charge in [0, 0.05) is 36.6 Å². The first kappa shape index (κ1) is 31.1. The Morgan fingerprint density at radius 2 is 1.76 bits per heavy atom. The average Bonchev–Trinajstić information content (AvgIpc) is 2.89. The van der Waals surface area contributed by atoms with E-state index in [-0.39, 0.29) is 30.6 Å². The highest BCUT2D eigenvalue weighted by Crippen LogP contribution is 2.59. The number of ether oxygens (including phenoxy) is 2. The average molecular weight is 568 g/mol. The second kappa shape index (κ2) is 11.5. The van der Waals surface area contributed by atoms with Gasteiger partial charge in [0.1, 0.15) is 18.3 Å². The minimum absolute atomic E-state index is 0.125. The third kappa shape index (κ3) is 5.54. The fourth-order valence-electron chi connectivity index (χ4n) is 7.82. The third-order valence-electron chi connectivity index (χ3n) is 10.0. The van der Waals surface area contributed by atoms with Crippen LogP contribution in [0.1, 0.15) is 71.9 Å². The fraction of sp³-hybridized carbons (Fsp3) is 0.606. The Hall–Kier alpha value is -2.81. The number of allylic oxidation sites excluding steroid dienone is 1. The number of carbonyl (C=O) groups is 3. The number of aliphatic hydroxyl groups is 2. The Morgan fingerprint density at radius 1 is 1.12 bits per heavy atom. The highest BCUT2D eigenvalue weighted by atomic mass is 16.6. The van der Waals surface area contributed by atoms with Crippen molar-refractivity contribution >= 4 is 17.7 Å². The molecular formula is C33H45NO7. The van der Waals surface area contributed by atoms with E-state index >= 15 is 0 Å². The Balaban J connectivity index is 1.68. The van der Waals surface area contributed by atoms with Crippen LogP contribution < -0.4 is 0 Å². The summed E-state index contributed by atoms with van der Waals surface area (Å²) in [7, 11) is 3.83. The number of hydrogen-bond donors (Lipinski definition) is 2. The number of rotatable bonds is 6. The van der Waals surface area contributed by atoms with E-state index in [1.807, 2.05) is 70.1 Å². The quantitative estimate of drug-likeness (QED) is 0.389. The zero-order chi connectivity index (χ0) is 30.4. The van der Waals surface area contributed by atoms with E-state index in [9.17, 15) is 24.6 Å². The summed E-state index contributed by atoms with van der Waals surface area (Å²) in [6.45, 7) is 13.0. The molecule has 2 unspecified atom stereocenters. The lowest BCUT2D eigenvalue weighted by atomic mass is 9.49. The van der Waals surface area contributed by atoms with Crippen LogP contribution in [0.25, 0.3) is 0 Å². The van der Waals surface area contributed by atoms with Crippen LogP contribution in [0.2, 0.25) is 0 Å². The summed E-state index contributed by atoms with van der Waals surface area (Å²) in [6.07, 6.45) is -2.90. The molecular weight excluding hydrogens is 522 g/mol. The number of aliphatic hydroxyl groups excluding tert-OH is 2. The predicted molar refractivity (Wildman–Crippen MR) is 155 cm³/mol. The molecule has 1 aromatic rings. The minimum atomic E-state index is -1.24. The van der Waals surface area contributed by atoms with Gasteiger partial charge in [-0.25, -0.2) is 0 Å². The fourth-order valence-corrected chi connectivity index (χ4v) is 7.82. The molecule has 0 amide bonds. The molecule has 1 aromatic carbocycles. The van der Waals surface area contributed by atoms with E-state index in [1.54, 1.807) is 6.92 Å². The zero-order valence-electron chi connectivity index (χ0n) is 25.3. The lowest BCUT2D eigenvalue weighted by molar-refractivity contribution is -0.187. The molecule has 2 saturated carbocycles. The van der Waals surface area contributed by atoms with Gasteiger partial charge in [0.2, 0.25) is 0 Å². The van der Waals surface area contributed by atoms with Crippen molar-refractivity contribution in [2.45, 2.75) is 90.8 Å². The molecule has 41 heavy (non-hydrogen) atoms. The van der Waals surface area contributed by atoms with Crippen LogP contribution in [-0.2, 0) is 23.9 Å². The highest BCUT2D eigenvalue weighted by Gasteiger charge is 2.62. The van der Waals surface area contributed by atoms with Crippen molar-refractivity contribution in [1.29, 1.82) is 0 Å². The van der Waals surface area contributed by atoms with Gasteiger partial charge in [-0.1, -0.05) is 57.7 Å². The number of ketones is 1. The minimum Gasteiger partial charge on any atom is -0.459 e. The molecule has 8 nitrogen and oxygen atoms in total. The Kier molecular flexibility index (Phi) is 8.70. The van der Waals surface area contributed by atoms with Crippen molar-refractivity contribution in [3.63, 3.8) is 0 Å². The Labute approximate surface area is 243 Å². The largest absolute Gasteiger partial charge is 0.459 e. The number of nitrogens with zero attached hydrogens (tertiary/aromatic N) is 1. The molecule has 0 saturated heterocycles. The summed E-state index contributed by atoms with van der Waals surface area (Å²) in [5.41, 5.74) is 0.819. The van der Waals surface area contributed by atoms with Gasteiger partial charge in [-0.3, -0.25) is 14.4 Å². The summed E-state index contributed by atoms with van der Waals surface area (Å²) in [5, 5.41) is 23.9. The molecule has 0 aliphatic heterocycles. The van der Waals surface area contributed by atoms with Crippen LogP contribution in [0.3, 0.4) is 0 Å². The van der Waals surface area contributed by atoms with Crippen molar-refractivity contribution in [2.24, 2.45) is 22.7 Å². The molecule has 8 heteroatoms. The van der Waals surface area contributed by atoms with Crippen molar-refractivity contribution in [3.05, 3.63) is 59.2 Å². The maximum atomic E-state index is 13.3. The number of carbonyl (C=O) groups excluding carboxylic acids is 3. The van der Waals surface area contributed by atoms with Crippen molar-refractivity contribution < 1.29 is 34.1 Å². The van der Waals surface area contributed by atoms with Gasteiger partial charge < -0.3 is 24.6 Å². The first-order chi connectivity index (χ1) is 19.1. The molecule has 0 heterocycles. The lowest BCUT2D eigenvalue weighted by Gasteiger charge is -2.58.